The van der Waals surface area contributed by atoms with Crippen LogP contribution in [-0.4, -0.2) is 12.6 Å². The summed E-state index contributed by atoms with van der Waals surface area (Å²) >= 11 is 3.71. The Bertz CT molecular complexity index is 426. The molecule has 0 aromatic heterocycles. The highest BCUT2D eigenvalue weighted by atomic mass is 79.9. The number of allylic oxidation sites excluding steroid dienone is 2. The van der Waals surface area contributed by atoms with Crippen molar-refractivity contribution in [2.45, 2.75) is 37.1 Å². The fourth-order valence-electron chi connectivity index (χ4n) is 2.68. The molecule has 0 radical (unpaired) electrons. The molecule has 1 N–H and O–H groups in total. The molecule has 0 aliphatic heterocycles. The molecule has 90 valence electrons. The Morgan fingerprint density at radius 2 is 1.88 bits per heavy atom. The van der Waals surface area contributed by atoms with Crippen LogP contribution < -0.4 is 5.32 Å². The van der Waals surface area contributed by atoms with Crippen molar-refractivity contribution in [1.29, 1.82) is 0 Å². The van der Waals surface area contributed by atoms with E-state index in [1.807, 2.05) is 0 Å². The molecule has 2 aliphatic rings. The topological polar surface area (TPSA) is 12.0 Å². The minimum atomic E-state index is 0.280. The molecule has 0 heterocycles. The van der Waals surface area contributed by atoms with E-state index in [4.69, 9.17) is 0 Å². The van der Waals surface area contributed by atoms with Crippen molar-refractivity contribution in [1.82, 2.24) is 5.32 Å². The second-order valence-electron chi connectivity index (χ2n) is 5.30. The van der Waals surface area contributed by atoms with Crippen LogP contribution in [0, 0.1) is 0 Å². The van der Waals surface area contributed by atoms with Crippen LogP contribution in [0.4, 0.5) is 0 Å². The van der Waals surface area contributed by atoms with E-state index in [-0.39, 0.29) is 5.41 Å². The molecule has 0 saturated heterocycles. The summed E-state index contributed by atoms with van der Waals surface area (Å²) in [6, 6.07) is 9.46. The van der Waals surface area contributed by atoms with Crippen molar-refractivity contribution < 1.29 is 0 Å². The number of halogens is 1. The zero-order valence-electron chi connectivity index (χ0n) is 9.95. The molecule has 17 heavy (non-hydrogen) atoms. The van der Waals surface area contributed by atoms with Crippen LogP contribution in [0.3, 0.4) is 0 Å². The van der Waals surface area contributed by atoms with E-state index >= 15 is 0 Å². The second-order valence-corrected chi connectivity index (χ2v) is 6.15. The van der Waals surface area contributed by atoms with E-state index in [1.165, 1.54) is 22.9 Å². The Balaban J connectivity index is 1.85. The standard InChI is InChI=1S/C15H18BrN/c16-14-6-2-1-5-13(14)15(9-3-4-10-15)11-17-12-7-8-12/h1-6,12,17H,7-11H2. The fourth-order valence-corrected chi connectivity index (χ4v) is 3.38. The van der Waals surface area contributed by atoms with Gasteiger partial charge in [0.2, 0.25) is 0 Å². The SMILES string of the molecule is Brc1ccccc1C1(CNC2CC2)CC=CC1. The van der Waals surface area contributed by atoms with Gasteiger partial charge in [-0.15, -0.1) is 0 Å². The van der Waals surface area contributed by atoms with Gasteiger partial charge in [0.05, 0.1) is 0 Å². The van der Waals surface area contributed by atoms with Crippen molar-refractivity contribution >= 4 is 15.9 Å². The van der Waals surface area contributed by atoms with Crippen LogP contribution in [0.15, 0.2) is 40.9 Å². The number of nitrogens with one attached hydrogen (secondary N) is 1. The van der Waals surface area contributed by atoms with E-state index in [0.717, 1.165) is 25.4 Å². The van der Waals surface area contributed by atoms with Crippen molar-refractivity contribution in [3.05, 3.63) is 46.5 Å². The van der Waals surface area contributed by atoms with Gasteiger partial charge < -0.3 is 5.32 Å². The van der Waals surface area contributed by atoms with Gasteiger partial charge in [0.15, 0.2) is 0 Å². The van der Waals surface area contributed by atoms with Crippen LogP contribution in [-0.2, 0) is 5.41 Å². The van der Waals surface area contributed by atoms with Gasteiger partial charge in [-0.3, -0.25) is 0 Å². The third kappa shape index (κ3) is 2.34. The Kier molecular flexibility index (Phi) is 3.10. The monoisotopic (exact) mass is 291 g/mol. The van der Waals surface area contributed by atoms with E-state index in [1.54, 1.807) is 0 Å². The van der Waals surface area contributed by atoms with Crippen molar-refractivity contribution in [2.24, 2.45) is 0 Å². The molecule has 0 atom stereocenters. The van der Waals surface area contributed by atoms with Crippen molar-refractivity contribution in [2.75, 3.05) is 6.54 Å². The molecule has 0 amide bonds. The van der Waals surface area contributed by atoms with E-state index in [9.17, 15) is 0 Å². The Morgan fingerprint density at radius 1 is 1.18 bits per heavy atom. The average Bonchev–Trinajstić information content (AvgIpc) is 3.06. The Labute approximate surface area is 111 Å². The second kappa shape index (κ2) is 4.58. The first-order valence-corrected chi connectivity index (χ1v) is 7.23. The fraction of sp³-hybridized carbons (Fsp3) is 0.467. The van der Waals surface area contributed by atoms with E-state index < -0.39 is 0 Å². The minimum absolute atomic E-state index is 0.280. The lowest BCUT2D eigenvalue weighted by Crippen LogP contribution is -2.37. The summed E-state index contributed by atoms with van der Waals surface area (Å²) in [6.45, 7) is 1.10. The molecule has 0 spiro atoms. The summed E-state index contributed by atoms with van der Waals surface area (Å²) in [5, 5.41) is 3.70. The molecule has 0 bridgehead atoms. The molecule has 3 rings (SSSR count). The van der Waals surface area contributed by atoms with Crippen molar-refractivity contribution in [3.8, 4) is 0 Å². The maximum atomic E-state index is 3.71. The first-order valence-electron chi connectivity index (χ1n) is 6.44. The van der Waals surface area contributed by atoms with Crippen LogP contribution >= 0.6 is 15.9 Å². The molecule has 1 saturated carbocycles. The largest absolute Gasteiger partial charge is 0.313 e. The molecule has 1 aromatic carbocycles. The van der Waals surface area contributed by atoms with E-state index in [2.05, 4.69) is 57.7 Å². The van der Waals surface area contributed by atoms with E-state index in [0.29, 0.717) is 0 Å². The summed E-state index contributed by atoms with van der Waals surface area (Å²) in [6.07, 6.45) is 9.70. The Hall–Kier alpha value is -0.600. The van der Waals surface area contributed by atoms with Gasteiger partial charge in [-0.05, 0) is 37.3 Å². The van der Waals surface area contributed by atoms with Gasteiger partial charge in [0.25, 0.3) is 0 Å². The average molecular weight is 292 g/mol. The maximum Gasteiger partial charge on any atom is 0.0213 e. The summed E-state index contributed by atoms with van der Waals surface area (Å²) in [5.74, 6) is 0. The molecule has 1 nitrogen and oxygen atoms in total. The number of benzene rings is 1. The number of rotatable bonds is 4. The first kappa shape index (κ1) is 11.5. The minimum Gasteiger partial charge on any atom is -0.313 e. The molecule has 0 unspecified atom stereocenters. The number of hydrogen-bond acceptors (Lipinski definition) is 1. The highest BCUT2D eigenvalue weighted by molar-refractivity contribution is 9.10. The summed E-state index contributed by atoms with van der Waals surface area (Å²) in [5.41, 5.74) is 1.74. The third-order valence-corrected chi connectivity index (χ3v) is 4.63. The molecule has 2 heteroatoms. The zero-order chi connectivity index (χ0) is 11.7. The van der Waals surface area contributed by atoms with Gasteiger partial charge in [-0.25, -0.2) is 0 Å². The smallest absolute Gasteiger partial charge is 0.0213 e. The van der Waals surface area contributed by atoms with Gasteiger partial charge in [0.1, 0.15) is 0 Å². The molecular weight excluding hydrogens is 274 g/mol. The lowest BCUT2D eigenvalue weighted by molar-refractivity contribution is 0.415. The van der Waals surface area contributed by atoms with Crippen LogP contribution in [0.5, 0.6) is 0 Å². The summed E-state index contributed by atoms with van der Waals surface area (Å²) in [7, 11) is 0. The highest BCUT2D eigenvalue weighted by Crippen LogP contribution is 2.40. The molecule has 1 fully saturated rings. The lowest BCUT2D eigenvalue weighted by atomic mass is 9.78. The summed E-state index contributed by atoms with van der Waals surface area (Å²) < 4.78 is 1.25. The van der Waals surface area contributed by atoms with Gasteiger partial charge in [-0.1, -0.05) is 46.3 Å². The number of hydrogen-bond donors (Lipinski definition) is 1. The van der Waals surface area contributed by atoms with Gasteiger partial charge >= 0.3 is 0 Å². The van der Waals surface area contributed by atoms with Crippen molar-refractivity contribution in [3.63, 3.8) is 0 Å². The summed E-state index contributed by atoms with van der Waals surface area (Å²) in [4.78, 5) is 0. The van der Waals surface area contributed by atoms with Gasteiger partial charge in [-0.2, -0.15) is 0 Å². The predicted octanol–water partition coefficient (Wildman–Crippen LogP) is 3.79. The van der Waals surface area contributed by atoms with Gasteiger partial charge in [0, 0.05) is 22.5 Å². The molecule has 2 aliphatic carbocycles. The molecular formula is C15H18BrN. The highest BCUT2D eigenvalue weighted by Gasteiger charge is 2.35. The maximum absolute atomic E-state index is 3.71. The van der Waals surface area contributed by atoms with Crippen LogP contribution in [0.2, 0.25) is 0 Å². The zero-order valence-corrected chi connectivity index (χ0v) is 11.5. The normalized spacial score (nSPS) is 21.9. The third-order valence-electron chi connectivity index (χ3n) is 3.94. The molecule has 1 aromatic rings. The quantitative estimate of drug-likeness (QED) is 0.833. The Morgan fingerprint density at radius 3 is 2.53 bits per heavy atom. The van der Waals surface area contributed by atoms with Crippen LogP contribution in [0.25, 0.3) is 0 Å². The predicted molar refractivity (Wildman–Crippen MR) is 75.2 cm³/mol. The lowest BCUT2D eigenvalue weighted by Gasteiger charge is -2.31. The first-order chi connectivity index (χ1) is 8.30. The van der Waals surface area contributed by atoms with Crippen LogP contribution in [0.1, 0.15) is 31.2 Å².